The fourth-order valence-electron chi connectivity index (χ4n) is 2.19. The van der Waals surface area contributed by atoms with Crippen LogP contribution < -0.4 is 5.32 Å². The molecule has 4 heteroatoms. The number of amides is 1. The number of nitrogens with one attached hydrogen (secondary N) is 1. The normalized spacial score (nSPS) is 10.5. The van der Waals surface area contributed by atoms with Crippen LogP contribution in [0.1, 0.15) is 15.9 Å². The van der Waals surface area contributed by atoms with Gasteiger partial charge < -0.3 is 10.4 Å². The lowest BCUT2D eigenvalue weighted by atomic mass is 10.1. The van der Waals surface area contributed by atoms with Gasteiger partial charge in [0.1, 0.15) is 5.75 Å². The molecule has 0 aliphatic carbocycles. The summed E-state index contributed by atoms with van der Waals surface area (Å²) in [5.74, 6) is -0.0655. The zero-order valence-electron chi connectivity index (χ0n) is 11.5. The summed E-state index contributed by atoms with van der Waals surface area (Å²) in [6, 6.07) is 14.2. The van der Waals surface area contributed by atoms with Crippen molar-refractivity contribution in [3.05, 3.63) is 65.9 Å². The number of fused-ring (bicyclic) bond motifs is 1. The second-order valence-electron chi connectivity index (χ2n) is 4.83. The number of hydrogen-bond donors (Lipinski definition) is 2. The van der Waals surface area contributed by atoms with Crippen molar-refractivity contribution in [1.82, 2.24) is 4.98 Å². The standard InChI is InChI=1S/C17H14N2O2/c1-11-7-8-12(10-16(11)20)19-17(21)14-4-2-6-15-13(14)5-3-9-18-15/h2-10,20H,1H3,(H,19,21). The number of phenolic OH excluding ortho intramolecular Hbond substituents is 1. The van der Waals surface area contributed by atoms with Crippen LogP contribution in [-0.2, 0) is 0 Å². The van der Waals surface area contributed by atoms with E-state index < -0.39 is 0 Å². The molecule has 2 N–H and O–H groups in total. The minimum Gasteiger partial charge on any atom is -0.508 e. The highest BCUT2D eigenvalue weighted by atomic mass is 16.3. The van der Waals surface area contributed by atoms with Gasteiger partial charge in [0, 0.05) is 28.9 Å². The number of carbonyl (C=O) groups excluding carboxylic acids is 1. The average molecular weight is 278 g/mol. The molecule has 3 aromatic rings. The van der Waals surface area contributed by atoms with E-state index in [-0.39, 0.29) is 11.7 Å². The van der Waals surface area contributed by atoms with E-state index in [1.165, 1.54) is 6.07 Å². The molecule has 0 saturated heterocycles. The van der Waals surface area contributed by atoms with Crippen molar-refractivity contribution >= 4 is 22.5 Å². The van der Waals surface area contributed by atoms with Gasteiger partial charge in [0.05, 0.1) is 5.52 Å². The number of benzene rings is 2. The Kier molecular flexibility index (Phi) is 3.28. The molecule has 0 unspecified atom stereocenters. The molecule has 1 amide bonds. The Bertz CT molecular complexity index is 823. The fraction of sp³-hybridized carbons (Fsp3) is 0.0588. The van der Waals surface area contributed by atoms with E-state index in [1.54, 1.807) is 43.5 Å². The third kappa shape index (κ3) is 2.56. The predicted molar refractivity (Wildman–Crippen MR) is 82.5 cm³/mol. The molecular formula is C17H14N2O2. The number of rotatable bonds is 2. The van der Waals surface area contributed by atoms with Gasteiger partial charge in [0.15, 0.2) is 0 Å². The van der Waals surface area contributed by atoms with Crippen molar-refractivity contribution in [2.45, 2.75) is 6.92 Å². The lowest BCUT2D eigenvalue weighted by Crippen LogP contribution is -2.12. The summed E-state index contributed by atoms with van der Waals surface area (Å²) in [5.41, 5.74) is 2.66. The van der Waals surface area contributed by atoms with Crippen LogP contribution in [0.5, 0.6) is 5.75 Å². The number of hydrogen-bond acceptors (Lipinski definition) is 3. The molecular weight excluding hydrogens is 264 g/mol. The van der Waals surface area contributed by atoms with E-state index in [0.717, 1.165) is 16.5 Å². The fourth-order valence-corrected chi connectivity index (χ4v) is 2.19. The first-order valence-electron chi connectivity index (χ1n) is 6.60. The highest BCUT2D eigenvalue weighted by Gasteiger charge is 2.11. The first-order valence-corrected chi connectivity index (χ1v) is 6.60. The zero-order valence-corrected chi connectivity index (χ0v) is 11.5. The molecule has 0 bridgehead atoms. The lowest BCUT2D eigenvalue weighted by molar-refractivity contribution is 0.102. The maximum Gasteiger partial charge on any atom is 0.256 e. The van der Waals surface area contributed by atoms with Crippen LogP contribution in [-0.4, -0.2) is 16.0 Å². The second kappa shape index (κ2) is 5.25. The molecule has 0 saturated carbocycles. The van der Waals surface area contributed by atoms with Gasteiger partial charge in [-0.3, -0.25) is 9.78 Å². The number of nitrogens with zero attached hydrogens (tertiary/aromatic N) is 1. The van der Waals surface area contributed by atoms with E-state index >= 15 is 0 Å². The summed E-state index contributed by atoms with van der Waals surface area (Å²) < 4.78 is 0. The Morgan fingerprint density at radius 1 is 1.14 bits per heavy atom. The van der Waals surface area contributed by atoms with Gasteiger partial charge in [0.25, 0.3) is 5.91 Å². The summed E-state index contributed by atoms with van der Waals surface area (Å²) in [6.07, 6.45) is 1.70. The van der Waals surface area contributed by atoms with Gasteiger partial charge >= 0.3 is 0 Å². The van der Waals surface area contributed by atoms with Crippen LogP contribution in [0.4, 0.5) is 5.69 Å². The molecule has 0 atom stereocenters. The number of aryl methyl sites for hydroxylation is 1. The maximum absolute atomic E-state index is 12.4. The van der Waals surface area contributed by atoms with Gasteiger partial charge in [-0.15, -0.1) is 0 Å². The third-order valence-corrected chi connectivity index (χ3v) is 3.36. The SMILES string of the molecule is Cc1ccc(NC(=O)c2cccc3ncccc23)cc1O. The van der Waals surface area contributed by atoms with E-state index in [2.05, 4.69) is 10.3 Å². The second-order valence-corrected chi connectivity index (χ2v) is 4.83. The summed E-state index contributed by atoms with van der Waals surface area (Å²) >= 11 is 0. The number of phenols is 1. The van der Waals surface area contributed by atoms with Crippen molar-refractivity contribution in [3.63, 3.8) is 0 Å². The molecule has 4 nitrogen and oxygen atoms in total. The van der Waals surface area contributed by atoms with Crippen LogP contribution in [0.25, 0.3) is 10.9 Å². The van der Waals surface area contributed by atoms with E-state index in [0.29, 0.717) is 11.3 Å². The highest BCUT2D eigenvalue weighted by Crippen LogP contribution is 2.22. The maximum atomic E-state index is 12.4. The van der Waals surface area contributed by atoms with Crippen molar-refractivity contribution in [2.24, 2.45) is 0 Å². The number of aromatic nitrogens is 1. The Balaban J connectivity index is 1.95. The monoisotopic (exact) mass is 278 g/mol. The Morgan fingerprint density at radius 2 is 2.00 bits per heavy atom. The third-order valence-electron chi connectivity index (χ3n) is 3.36. The zero-order chi connectivity index (χ0) is 14.8. The van der Waals surface area contributed by atoms with Crippen molar-refractivity contribution in [3.8, 4) is 5.75 Å². The smallest absolute Gasteiger partial charge is 0.256 e. The number of carbonyl (C=O) groups is 1. The Hall–Kier alpha value is -2.88. The van der Waals surface area contributed by atoms with Gasteiger partial charge in [-0.25, -0.2) is 0 Å². The summed E-state index contributed by atoms with van der Waals surface area (Å²) in [6.45, 7) is 1.80. The van der Waals surface area contributed by atoms with Gasteiger partial charge in [-0.05, 0) is 36.8 Å². The average Bonchev–Trinajstić information content (AvgIpc) is 2.50. The molecule has 0 spiro atoms. The lowest BCUT2D eigenvalue weighted by Gasteiger charge is -2.09. The van der Waals surface area contributed by atoms with Gasteiger partial charge in [0.2, 0.25) is 0 Å². The first kappa shape index (κ1) is 13.1. The summed E-state index contributed by atoms with van der Waals surface area (Å²) in [5, 5.41) is 13.3. The Morgan fingerprint density at radius 3 is 2.81 bits per heavy atom. The van der Waals surface area contributed by atoms with Crippen LogP contribution in [0.3, 0.4) is 0 Å². The van der Waals surface area contributed by atoms with Crippen molar-refractivity contribution in [1.29, 1.82) is 0 Å². The quantitative estimate of drug-likeness (QED) is 0.754. The Labute approximate surface area is 122 Å². The molecule has 0 fully saturated rings. The number of anilines is 1. The van der Waals surface area contributed by atoms with E-state index in [1.807, 2.05) is 12.1 Å². The predicted octanol–water partition coefficient (Wildman–Crippen LogP) is 3.50. The highest BCUT2D eigenvalue weighted by molar-refractivity contribution is 6.12. The molecule has 2 aromatic carbocycles. The van der Waals surface area contributed by atoms with Gasteiger partial charge in [-0.2, -0.15) is 0 Å². The van der Waals surface area contributed by atoms with Crippen molar-refractivity contribution < 1.29 is 9.90 Å². The molecule has 1 aromatic heterocycles. The topological polar surface area (TPSA) is 62.2 Å². The largest absolute Gasteiger partial charge is 0.508 e. The molecule has 21 heavy (non-hydrogen) atoms. The first-order chi connectivity index (χ1) is 10.1. The molecule has 0 aliphatic rings. The van der Waals surface area contributed by atoms with Crippen LogP contribution in [0, 0.1) is 6.92 Å². The van der Waals surface area contributed by atoms with Crippen LogP contribution in [0.15, 0.2) is 54.7 Å². The van der Waals surface area contributed by atoms with Crippen LogP contribution >= 0.6 is 0 Å². The minimum atomic E-state index is -0.225. The molecule has 3 rings (SSSR count). The molecule has 1 heterocycles. The minimum absolute atomic E-state index is 0.160. The number of aromatic hydroxyl groups is 1. The summed E-state index contributed by atoms with van der Waals surface area (Å²) in [4.78, 5) is 16.6. The molecule has 0 radical (unpaired) electrons. The van der Waals surface area contributed by atoms with E-state index in [9.17, 15) is 9.90 Å². The van der Waals surface area contributed by atoms with Gasteiger partial charge in [-0.1, -0.05) is 18.2 Å². The van der Waals surface area contributed by atoms with Crippen molar-refractivity contribution in [2.75, 3.05) is 5.32 Å². The molecule has 0 aliphatic heterocycles. The van der Waals surface area contributed by atoms with Crippen LogP contribution in [0.2, 0.25) is 0 Å². The van der Waals surface area contributed by atoms with E-state index in [4.69, 9.17) is 0 Å². The molecule has 104 valence electrons. The summed E-state index contributed by atoms with van der Waals surface area (Å²) in [7, 11) is 0. The number of pyridine rings is 1.